The summed E-state index contributed by atoms with van der Waals surface area (Å²) in [6.07, 6.45) is -1.75. The topological polar surface area (TPSA) is 38.8 Å². The summed E-state index contributed by atoms with van der Waals surface area (Å²) in [6, 6.07) is 5.28. The number of hydrogen-bond acceptors (Lipinski definition) is 3. The lowest BCUT2D eigenvalue weighted by Crippen LogP contribution is -2.43. The van der Waals surface area contributed by atoms with Crippen LogP contribution in [-0.4, -0.2) is 36.4 Å². The van der Waals surface area contributed by atoms with Gasteiger partial charge in [0.05, 0.1) is 6.61 Å². The Morgan fingerprint density at radius 2 is 2.09 bits per heavy atom. The average molecular weight is 329 g/mol. The van der Waals surface area contributed by atoms with E-state index in [1.165, 1.54) is 0 Å². The Balaban J connectivity index is 1.67. The van der Waals surface area contributed by atoms with Gasteiger partial charge in [-0.15, -0.1) is 0 Å². The molecule has 1 fully saturated rings. The molecule has 4 nitrogen and oxygen atoms in total. The Morgan fingerprint density at radius 1 is 1.26 bits per heavy atom. The number of rotatable bonds is 2. The fourth-order valence-corrected chi connectivity index (χ4v) is 2.91. The van der Waals surface area contributed by atoms with E-state index >= 15 is 0 Å². The maximum absolute atomic E-state index is 12.5. The zero-order valence-electron chi connectivity index (χ0n) is 12.6. The minimum Gasteiger partial charge on any atom is -0.465 e. The van der Waals surface area contributed by atoms with Gasteiger partial charge in [-0.3, -0.25) is 4.79 Å². The molecule has 0 N–H and O–H groups in total. The minimum atomic E-state index is -4.82. The van der Waals surface area contributed by atoms with Crippen LogP contribution in [0.2, 0.25) is 0 Å². The second-order valence-electron chi connectivity index (χ2n) is 5.82. The predicted octanol–water partition coefficient (Wildman–Crippen LogP) is 3.04. The van der Waals surface area contributed by atoms with Crippen LogP contribution >= 0.6 is 0 Å². The van der Waals surface area contributed by atoms with Gasteiger partial charge in [0.15, 0.2) is 6.29 Å². The van der Waals surface area contributed by atoms with E-state index in [0.29, 0.717) is 18.8 Å². The van der Waals surface area contributed by atoms with Crippen molar-refractivity contribution in [1.82, 2.24) is 4.90 Å². The highest BCUT2D eigenvalue weighted by Crippen LogP contribution is 2.28. The molecular weight excluding hydrogens is 311 g/mol. The van der Waals surface area contributed by atoms with E-state index in [9.17, 15) is 18.0 Å². The van der Waals surface area contributed by atoms with Gasteiger partial charge in [0.1, 0.15) is 5.75 Å². The van der Waals surface area contributed by atoms with Crippen LogP contribution in [0, 0.1) is 0 Å². The molecule has 0 radical (unpaired) electrons. The molecule has 1 saturated heterocycles. The Hall–Kier alpha value is -1.76. The third-order valence-corrected chi connectivity index (χ3v) is 4.13. The van der Waals surface area contributed by atoms with Crippen LogP contribution in [0.5, 0.6) is 5.75 Å². The smallest absolute Gasteiger partial charge is 0.465 e. The molecular formula is C16H18F3NO3. The molecule has 2 aliphatic heterocycles. The first-order valence-corrected chi connectivity index (χ1v) is 7.69. The molecule has 1 unspecified atom stereocenters. The lowest BCUT2D eigenvalue weighted by molar-refractivity contribution is -0.186. The first-order valence-electron chi connectivity index (χ1n) is 7.69. The molecule has 1 amide bonds. The molecule has 3 rings (SSSR count). The molecule has 23 heavy (non-hydrogen) atoms. The number of hydrogen-bond donors (Lipinski definition) is 0. The van der Waals surface area contributed by atoms with Crippen molar-refractivity contribution in [2.75, 3.05) is 13.2 Å². The maximum Gasteiger partial charge on any atom is 0.471 e. The van der Waals surface area contributed by atoms with Crippen LogP contribution in [-0.2, 0) is 22.5 Å². The molecule has 0 spiro atoms. The first kappa shape index (κ1) is 16.1. The highest BCUT2D eigenvalue weighted by Gasteiger charge is 2.43. The van der Waals surface area contributed by atoms with Crippen molar-refractivity contribution in [3.05, 3.63) is 29.3 Å². The number of halogens is 3. The van der Waals surface area contributed by atoms with Crippen molar-refractivity contribution in [3.63, 3.8) is 0 Å². The van der Waals surface area contributed by atoms with Crippen LogP contribution in [0.15, 0.2) is 18.2 Å². The van der Waals surface area contributed by atoms with Crippen molar-refractivity contribution < 1.29 is 27.4 Å². The van der Waals surface area contributed by atoms with Gasteiger partial charge in [-0.25, -0.2) is 0 Å². The summed E-state index contributed by atoms with van der Waals surface area (Å²) in [5.41, 5.74) is 1.65. The Bertz CT molecular complexity index is 582. The van der Waals surface area contributed by atoms with E-state index < -0.39 is 12.1 Å². The van der Waals surface area contributed by atoms with Crippen LogP contribution < -0.4 is 4.74 Å². The van der Waals surface area contributed by atoms with Gasteiger partial charge in [0.2, 0.25) is 0 Å². The fraction of sp³-hybridized carbons (Fsp3) is 0.562. The van der Waals surface area contributed by atoms with E-state index in [1.807, 2.05) is 6.07 Å². The molecule has 1 atom stereocenters. The standard InChI is InChI=1S/C16H18F3NO3/c17-16(18,19)15(21)20-7-6-11-9-13(5-4-12(11)10-20)23-14-3-1-2-8-22-14/h4-5,9,14H,1-3,6-8,10H2. The Morgan fingerprint density at radius 3 is 2.78 bits per heavy atom. The summed E-state index contributed by atoms with van der Waals surface area (Å²) in [7, 11) is 0. The van der Waals surface area contributed by atoms with Crippen LogP contribution in [0.25, 0.3) is 0 Å². The van der Waals surface area contributed by atoms with E-state index in [2.05, 4.69) is 0 Å². The van der Waals surface area contributed by atoms with E-state index in [-0.39, 0.29) is 19.4 Å². The fourth-order valence-electron chi connectivity index (χ4n) is 2.91. The number of amides is 1. The van der Waals surface area contributed by atoms with Gasteiger partial charge < -0.3 is 14.4 Å². The summed E-state index contributed by atoms with van der Waals surface area (Å²) in [4.78, 5) is 12.2. The quantitative estimate of drug-likeness (QED) is 0.837. The number of alkyl halides is 3. The molecule has 1 aromatic carbocycles. The van der Waals surface area contributed by atoms with Crippen molar-refractivity contribution in [2.45, 2.75) is 44.7 Å². The first-order chi connectivity index (χ1) is 10.9. The summed E-state index contributed by atoms with van der Waals surface area (Å²) in [5.74, 6) is -1.12. The number of carbonyl (C=O) groups excluding carboxylic acids is 1. The summed E-state index contributed by atoms with van der Waals surface area (Å²) >= 11 is 0. The lowest BCUT2D eigenvalue weighted by atomic mass is 9.99. The van der Waals surface area contributed by atoms with Gasteiger partial charge in [-0.2, -0.15) is 13.2 Å². The summed E-state index contributed by atoms with van der Waals surface area (Å²) in [5, 5.41) is 0. The number of benzene rings is 1. The van der Waals surface area contributed by atoms with E-state index in [0.717, 1.165) is 35.3 Å². The molecule has 0 aromatic heterocycles. The van der Waals surface area contributed by atoms with Gasteiger partial charge in [-0.1, -0.05) is 6.07 Å². The van der Waals surface area contributed by atoms with Crippen molar-refractivity contribution in [2.24, 2.45) is 0 Å². The summed E-state index contributed by atoms with van der Waals surface area (Å²) in [6.45, 7) is 0.729. The van der Waals surface area contributed by atoms with Crippen molar-refractivity contribution in [3.8, 4) is 5.75 Å². The van der Waals surface area contributed by atoms with Crippen LogP contribution in [0.4, 0.5) is 13.2 Å². The Kier molecular flexibility index (Phi) is 4.48. The van der Waals surface area contributed by atoms with Crippen LogP contribution in [0.3, 0.4) is 0 Å². The van der Waals surface area contributed by atoms with Gasteiger partial charge >= 0.3 is 12.1 Å². The normalized spacial score (nSPS) is 21.7. The minimum absolute atomic E-state index is 0.0200. The third kappa shape index (κ3) is 3.77. The monoisotopic (exact) mass is 329 g/mol. The average Bonchev–Trinajstić information content (AvgIpc) is 2.54. The van der Waals surface area contributed by atoms with Crippen molar-refractivity contribution in [1.29, 1.82) is 0 Å². The molecule has 126 valence electrons. The molecule has 2 aliphatic rings. The molecule has 0 aliphatic carbocycles. The highest BCUT2D eigenvalue weighted by atomic mass is 19.4. The molecule has 0 saturated carbocycles. The van der Waals surface area contributed by atoms with E-state index in [1.54, 1.807) is 12.1 Å². The number of ether oxygens (including phenoxy) is 2. The zero-order chi connectivity index (χ0) is 16.4. The molecule has 1 aromatic rings. The molecule has 0 bridgehead atoms. The molecule has 2 heterocycles. The predicted molar refractivity (Wildman–Crippen MR) is 75.8 cm³/mol. The zero-order valence-corrected chi connectivity index (χ0v) is 12.6. The lowest BCUT2D eigenvalue weighted by Gasteiger charge is -2.30. The number of carbonyl (C=O) groups is 1. The van der Waals surface area contributed by atoms with E-state index in [4.69, 9.17) is 9.47 Å². The van der Waals surface area contributed by atoms with Crippen LogP contribution in [0.1, 0.15) is 30.4 Å². The van der Waals surface area contributed by atoms with Crippen molar-refractivity contribution >= 4 is 5.91 Å². The molecule has 7 heteroatoms. The SMILES string of the molecule is O=C(N1CCc2cc(OC3CCCCO3)ccc2C1)C(F)(F)F. The second kappa shape index (κ2) is 6.39. The number of fused-ring (bicyclic) bond motifs is 1. The summed E-state index contributed by atoms with van der Waals surface area (Å²) < 4.78 is 48.8. The van der Waals surface area contributed by atoms with Gasteiger partial charge in [0.25, 0.3) is 0 Å². The maximum atomic E-state index is 12.5. The number of nitrogens with zero attached hydrogens (tertiary/aromatic N) is 1. The highest BCUT2D eigenvalue weighted by molar-refractivity contribution is 5.82. The Labute approximate surface area is 132 Å². The van der Waals surface area contributed by atoms with Gasteiger partial charge in [0, 0.05) is 19.5 Å². The third-order valence-electron chi connectivity index (χ3n) is 4.13. The van der Waals surface area contributed by atoms with Gasteiger partial charge in [-0.05, 0) is 42.5 Å². The second-order valence-corrected chi connectivity index (χ2v) is 5.82. The largest absolute Gasteiger partial charge is 0.471 e.